The number of aryl methyl sites for hydroxylation is 3. The summed E-state index contributed by atoms with van der Waals surface area (Å²) < 4.78 is 81.3. The summed E-state index contributed by atoms with van der Waals surface area (Å²) in [5.41, 5.74) is -1.22. The Morgan fingerprint density at radius 3 is 2.12 bits per heavy atom. The third-order valence-electron chi connectivity index (χ3n) is 5.02. The molecule has 34 heavy (non-hydrogen) atoms. The molecule has 4 rings (SSSR count). The third kappa shape index (κ3) is 4.79. The number of aromatic nitrogens is 7. The van der Waals surface area contributed by atoms with Crippen LogP contribution in [-0.4, -0.2) is 35.0 Å². The van der Waals surface area contributed by atoms with Gasteiger partial charge in [0, 0.05) is 31.1 Å². The molecule has 8 nitrogen and oxygen atoms in total. The molecule has 1 aromatic carbocycles. The second-order valence-electron chi connectivity index (χ2n) is 7.69. The van der Waals surface area contributed by atoms with E-state index in [-0.39, 0.29) is 30.7 Å². The molecule has 0 fully saturated rings. The van der Waals surface area contributed by atoms with Gasteiger partial charge in [0.05, 0.1) is 30.1 Å². The Labute approximate surface area is 188 Å². The van der Waals surface area contributed by atoms with Crippen LogP contribution in [0.5, 0.6) is 0 Å². The SMILES string of the molecule is Cc1nn(C)c2n[c]c(CN(Cc3cc(C(F)(F)F)cc(C(F)(F)F)c3)c3nnn(C)n3)cc12. The van der Waals surface area contributed by atoms with E-state index in [4.69, 9.17) is 0 Å². The second-order valence-corrected chi connectivity index (χ2v) is 7.69. The standard InChI is InChI=1S/C20H17F6N8/c1-11-16-6-13(8-27-17(16)32(2)29-11)10-34(18-28-31-33(3)30-18)9-12-4-14(19(21,22)23)7-15(5-12)20(24,25)26/h4-7H,9-10H2,1-3H3. The second kappa shape index (κ2) is 8.25. The van der Waals surface area contributed by atoms with E-state index < -0.39 is 23.5 Å². The maximum Gasteiger partial charge on any atom is 0.416 e. The van der Waals surface area contributed by atoms with Crippen molar-refractivity contribution < 1.29 is 26.3 Å². The molecule has 3 heterocycles. The molecule has 0 aliphatic rings. The van der Waals surface area contributed by atoms with Crippen LogP contribution in [0.1, 0.15) is 27.9 Å². The van der Waals surface area contributed by atoms with Crippen molar-refractivity contribution in [1.29, 1.82) is 0 Å². The minimum atomic E-state index is -4.95. The minimum absolute atomic E-state index is 0.000560. The van der Waals surface area contributed by atoms with Crippen LogP contribution in [0.3, 0.4) is 0 Å². The van der Waals surface area contributed by atoms with Gasteiger partial charge in [-0.1, -0.05) is 5.10 Å². The average molecular weight is 483 g/mol. The zero-order chi connectivity index (χ0) is 24.8. The van der Waals surface area contributed by atoms with E-state index >= 15 is 0 Å². The first kappa shape index (κ1) is 23.4. The van der Waals surface area contributed by atoms with Crippen molar-refractivity contribution in [3.05, 3.63) is 58.4 Å². The van der Waals surface area contributed by atoms with Crippen molar-refractivity contribution in [3.8, 4) is 0 Å². The fraction of sp³-hybridized carbons (Fsp3) is 0.350. The molecule has 179 valence electrons. The molecule has 14 heteroatoms. The molecule has 1 radical (unpaired) electrons. The number of pyridine rings is 1. The number of alkyl halides is 6. The fourth-order valence-corrected chi connectivity index (χ4v) is 3.51. The fourth-order valence-electron chi connectivity index (χ4n) is 3.51. The molecule has 0 saturated carbocycles. The molecule has 0 bridgehead atoms. The summed E-state index contributed by atoms with van der Waals surface area (Å²) in [5.74, 6) is 0.0184. The van der Waals surface area contributed by atoms with Gasteiger partial charge in [0.15, 0.2) is 5.65 Å². The number of hydrogen-bond donors (Lipinski definition) is 0. The first-order valence-corrected chi connectivity index (χ1v) is 9.79. The van der Waals surface area contributed by atoms with Crippen molar-refractivity contribution in [3.63, 3.8) is 0 Å². The van der Waals surface area contributed by atoms with E-state index in [0.717, 1.165) is 10.2 Å². The highest BCUT2D eigenvalue weighted by Crippen LogP contribution is 2.36. The van der Waals surface area contributed by atoms with Crippen molar-refractivity contribution >= 4 is 17.0 Å². The highest BCUT2D eigenvalue weighted by atomic mass is 19.4. The Morgan fingerprint density at radius 2 is 1.56 bits per heavy atom. The van der Waals surface area contributed by atoms with Crippen LogP contribution < -0.4 is 4.90 Å². The van der Waals surface area contributed by atoms with Gasteiger partial charge >= 0.3 is 12.4 Å². The van der Waals surface area contributed by atoms with Crippen LogP contribution in [-0.2, 0) is 39.5 Å². The summed E-state index contributed by atoms with van der Waals surface area (Å²) in [5, 5.41) is 16.7. The number of rotatable bonds is 5. The summed E-state index contributed by atoms with van der Waals surface area (Å²) in [7, 11) is 3.21. The number of hydrogen-bond acceptors (Lipinski definition) is 6. The minimum Gasteiger partial charge on any atom is -0.329 e. The van der Waals surface area contributed by atoms with Gasteiger partial charge < -0.3 is 4.90 Å². The summed E-state index contributed by atoms with van der Waals surface area (Å²) in [4.78, 5) is 6.77. The molecule has 0 aliphatic carbocycles. The normalized spacial score (nSPS) is 12.5. The van der Waals surface area contributed by atoms with Crippen LogP contribution >= 0.6 is 0 Å². The quantitative estimate of drug-likeness (QED) is 0.402. The van der Waals surface area contributed by atoms with Gasteiger partial charge in [-0.25, -0.2) is 4.98 Å². The predicted octanol–water partition coefficient (Wildman–Crippen LogP) is 3.84. The molecular weight excluding hydrogens is 466 g/mol. The molecule has 0 unspecified atom stereocenters. The number of fused-ring (bicyclic) bond motifs is 1. The van der Waals surface area contributed by atoms with Crippen molar-refractivity contribution in [2.24, 2.45) is 14.1 Å². The molecule has 0 atom stereocenters. The van der Waals surface area contributed by atoms with E-state index in [0.29, 0.717) is 29.0 Å². The summed E-state index contributed by atoms with van der Waals surface area (Å²) in [6.07, 6.45) is -7.07. The molecule has 0 N–H and O–H groups in total. The monoisotopic (exact) mass is 483 g/mol. The van der Waals surface area contributed by atoms with Gasteiger partial charge in [-0.3, -0.25) is 4.68 Å². The molecule has 0 aliphatic heterocycles. The highest BCUT2D eigenvalue weighted by molar-refractivity contribution is 5.78. The number of nitrogens with zero attached hydrogens (tertiary/aromatic N) is 8. The van der Waals surface area contributed by atoms with E-state index in [9.17, 15) is 26.3 Å². The highest BCUT2D eigenvalue weighted by Gasteiger charge is 2.37. The first-order chi connectivity index (χ1) is 15.8. The number of tetrazole rings is 1. The largest absolute Gasteiger partial charge is 0.416 e. The van der Waals surface area contributed by atoms with Gasteiger partial charge in [0.1, 0.15) is 0 Å². The molecule has 3 aromatic heterocycles. The van der Waals surface area contributed by atoms with E-state index in [1.807, 2.05) is 0 Å². The molecule has 0 spiro atoms. The Bertz CT molecular complexity index is 1310. The first-order valence-electron chi connectivity index (χ1n) is 9.79. The zero-order valence-electron chi connectivity index (χ0n) is 18.1. The lowest BCUT2D eigenvalue weighted by Gasteiger charge is -2.22. The number of anilines is 1. The van der Waals surface area contributed by atoms with E-state index in [1.165, 1.54) is 11.9 Å². The average Bonchev–Trinajstić information content (AvgIpc) is 3.29. The van der Waals surface area contributed by atoms with Crippen molar-refractivity contribution in [2.45, 2.75) is 32.4 Å². The van der Waals surface area contributed by atoms with Gasteiger partial charge in [-0.2, -0.15) is 36.2 Å². The summed E-state index contributed by atoms with van der Waals surface area (Å²) in [6.45, 7) is 1.44. The molecule has 4 aromatic rings. The van der Waals surface area contributed by atoms with Crippen LogP contribution in [0, 0.1) is 13.1 Å². The Balaban J connectivity index is 1.74. The lowest BCUT2D eigenvalue weighted by molar-refractivity contribution is -0.143. The lowest BCUT2D eigenvalue weighted by atomic mass is 10.0. The Hall–Kier alpha value is -3.71. The molecule has 0 amide bonds. The Morgan fingerprint density at radius 1 is 0.912 bits per heavy atom. The topological polar surface area (TPSA) is 77.5 Å². The Kier molecular flexibility index (Phi) is 5.69. The van der Waals surface area contributed by atoms with Crippen molar-refractivity contribution in [2.75, 3.05) is 4.90 Å². The van der Waals surface area contributed by atoms with Crippen LogP contribution in [0.15, 0.2) is 24.3 Å². The van der Waals surface area contributed by atoms with Gasteiger partial charge in [0.2, 0.25) is 0 Å². The maximum absolute atomic E-state index is 13.3. The maximum atomic E-state index is 13.3. The number of halogens is 6. The smallest absolute Gasteiger partial charge is 0.329 e. The summed E-state index contributed by atoms with van der Waals surface area (Å²) >= 11 is 0. The summed E-state index contributed by atoms with van der Waals surface area (Å²) in [6, 6.07) is 3.19. The number of benzene rings is 1. The van der Waals surface area contributed by atoms with Crippen LogP contribution in [0.25, 0.3) is 11.0 Å². The zero-order valence-corrected chi connectivity index (χ0v) is 18.1. The van der Waals surface area contributed by atoms with E-state index in [1.54, 1.807) is 24.7 Å². The van der Waals surface area contributed by atoms with Gasteiger partial charge in [-0.15, -0.1) is 5.10 Å². The third-order valence-corrected chi connectivity index (χ3v) is 5.02. The van der Waals surface area contributed by atoms with Crippen LogP contribution in [0.2, 0.25) is 0 Å². The molecular formula is C20H17F6N8. The van der Waals surface area contributed by atoms with Gasteiger partial charge in [0.25, 0.3) is 5.95 Å². The van der Waals surface area contributed by atoms with Crippen molar-refractivity contribution in [1.82, 2.24) is 35.0 Å². The predicted molar refractivity (Wildman–Crippen MR) is 107 cm³/mol. The molecule has 0 saturated heterocycles. The lowest BCUT2D eigenvalue weighted by Crippen LogP contribution is -2.24. The van der Waals surface area contributed by atoms with Crippen LogP contribution in [0.4, 0.5) is 32.3 Å². The van der Waals surface area contributed by atoms with Gasteiger partial charge in [-0.05, 0) is 42.0 Å². The van der Waals surface area contributed by atoms with E-state index in [2.05, 4.69) is 31.7 Å².